The van der Waals surface area contributed by atoms with Crippen molar-refractivity contribution in [2.24, 2.45) is 0 Å². The van der Waals surface area contributed by atoms with Crippen molar-refractivity contribution in [2.75, 3.05) is 26.0 Å². The Balaban J connectivity index is 1.90. The van der Waals surface area contributed by atoms with Gasteiger partial charge in [0, 0.05) is 12.3 Å². The number of aromatic nitrogens is 2. The molecule has 0 saturated carbocycles. The molecule has 0 aliphatic rings. The van der Waals surface area contributed by atoms with E-state index < -0.39 is 0 Å². The van der Waals surface area contributed by atoms with Gasteiger partial charge in [0.1, 0.15) is 23.3 Å². The van der Waals surface area contributed by atoms with E-state index in [2.05, 4.69) is 10.3 Å². The van der Waals surface area contributed by atoms with Gasteiger partial charge in [0.2, 0.25) is 0 Å². The second kappa shape index (κ2) is 7.43. The van der Waals surface area contributed by atoms with Gasteiger partial charge in [0.15, 0.2) is 0 Å². The summed E-state index contributed by atoms with van der Waals surface area (Å²) >= 11 is 6.22. The summed E-state index contributed by atoms with van der Waals surface area (Å²) in [5, 5.41) is 3.54. The van der Waals surface area contributed by atoms with Gasteiger partial charge in [-0.15, -0.1) is 0 Å². The number of anilines is 1. The van der Waals surface area contributed by atoms with Crippen molar-refractivity contribution in [3.8, 4) is 0 Å². The molecule has 2 heterocycles. The van der Waals surface area contributed by atoms with E-state index in [4.69, 9.17) is 11.6 Å². The lowest BCUT2D eigenvalue weighted by atomic mass is 10.1. The maximum absolute atomic E-state index is 14.3. The summed E-state index contributed by atoms with van der Waals surface area (Å²) in [5.74, 6) is 0.116. The lowest BCUT2D eigenvalue weighted by Gasteiger charge is -2.23. The Morgan fingerprint density at radius 1 is 1.31 bits per heavy atom. The summed E-state index contributed by atoms with van der Waals surface area (Å²) in [6, 6.07) is 9.57. The maximum Gasteiger partial charge on any atom is 0.259 e. The van der Waals surface area contributed by atoms with Crippen molar-refractivity contribution in [1.82, 2.24) is 9.38 Å². The van der Waals surface area contributed by atoms with Gasteiger partial charge < -0.3 is 10.2 Å². The quantitative estimate of drug-likeness (QED) is 0.718. The van der Waals surface area contributed by atoms with Crippen LogP contribution in [0.2, 0.25) is 5.02 Å². The fraction of sp³-hybridized carbons (Fsp3) is 0.263. The van der Waals surface area contributed by atoms with Gasteiger partial charge in [-0.25, -0.2) is 9.37 Å². The number of nitrogens with one attached hydrogen (secondary N) is 2. The molecule has 136 valence electrons. The van der Waals surface area contributed by atoms with Crippen molar-refractivity contribution < 1.29 is 9.29 Å². The van der Waals surface area contributed by atoms with Gasteiger partial charge in [-0.2, -0.15) is 0 Å². The Morgan fingerprint density at radius 2 is 2.08 bits per heavy atom. The molecule has 0 amide bonds. The van der Waals surface area contributed by atoms with Crippen LogP contribution in [0.15, 0.2) is 47.4 Å². The van der Waals surface area contributed by atoms with Crippen LogP contribution in [0, 0.1) is 12.7 Å². The van der Waals surface area contributed by atoms with Gasteiger partial charge in [-0.05, 0) is 30.7 Å². The van der Waals surface area contributed by atoms with Crippen molar-refractivity contribution >= 4 is 23.1 Å². The summed E-state index contributed by atoms with van der Waals surface area (Å²) in [6.45, 7) is 2.30. The molecule has 0 bridgehead atoms. The largest absolute Gasteiger partial charge is 0.363 e. The minimum Gasteiger partial charge on any atom is -0.363 e. The van der Waals surface area contributed by atoms with E-state index in [-0.39, 0.29) is 17.4 Å². The van der Waals surface area contributed by atoms with Crippen LogP contribution in [0.3, 0.4) is 0 Å². The Morgan fingerprint density at radius 3 is 2.77 bits per heavy atom. The lowest BCUT2D eigenvalue weighted by molar-refractivity contribution is -0.890. The SMILES string of the molecule is Cc1ccc2nc(NC[C@@H](c3c(F)cccc3Cl)[NH+](C)C)cc(=O)n2c1. The predicted octanol–water partition coefficient (Wildman–Crippen LogP) is 2.09. The lowest BCUT2D eigenvalue weighted by Crippen LogP contribution is -3.06. The molecule has 1 aromatic carbocycles. The molecule has 0 spiro atoms. The molecule has 3 rings (SSSR count). The van der Waals surface area contributed by atoms with Crippen LogP contribution >= 0.6 is 11.6 Å². The number of halogens is 2. The number of likely N-dealkylation sites (N-methyl/N-ethyl adjacent to an activating group) is 1. The van der Waals surface area contributed by atoms with Gasteiger partial charge in [0.05, 0.1) is 31.2 Å². The van der Waals surface area contributed by atoms with Crippen LogP contribution in [-0.4, -0.2) is 30.0 Å². The van der Waals surface area contributed by atoms with Gasteiger partial charge >= 0.3 is 0 Å². The first kappa shape index (κ1) is 18.4. The van der Waals surface area contributed by atoms with E-state index in [9.17, 15) is 9.18 Å². The number of quaternary nitrogens is 1. The zero-order chi connectivity index (χ0) is 18.8. The van der Waals surface area contributed by atoms with Crippen molar-refractivity contribution in [2.45, 2.75) is 13.0 Å². The molecule has 0 unspecified atom stereocenters. The third kappa shape index (κ3) is 3.71. The number of rotatable bonds is 5. The van der Waals surface area contributed by atoms with E-state index in [0.29, 0.717) is 28.6 Å². The summed E-state index contributed by atoms with van der Waals surface area (Å²) in [5.41, 5.74) is 1.82. The van der Waals surface area contributed by atoms with Gasteiger partial charge in [-0.1, -0.05) is 23.7 Å². The highest BCUT2D eigenvalue weighted by Crippen LogP contribution is 2.24. The molecule has 0 radical (unpaired) electrons. The summed E-state index contributed by atoms with van der Waals surface area (Å²) in [4.78, 5) is 17.8. The van der Waals surface area contributed by atoms with E-state index in [1.165, 1.54) is 16.5 Å². The normalized spacial score (nSPS) is 12.5. The smallest absolute Gasteiger partial charge is 0.259 e. The Kier molecular flexibility index (Phi) is 5.25. The molecule has 0 fully saturated rings. The van der Waals surface area contributed by atoms with Crippen molar-refractivity contribution in [3.63, 3.8) is 0 Å². The van der Waals surface area contributed by atoms with Crippen LogP contribution in [0.25, 0.3) is 5.65 Å². The maximum atomic E-state index is 14.3. The Labute approximate surface area is 156 Å². The summed E-state index contributed by atoms with van der Waals surface area (Å²) < 4.78 is 15.8. The topological polar surface area (TPSA) is 50.8 Å². The third-order valence-electron chi connectivity index (χ3n) is 4.34. The molecule has 26 heavy (non-hydrogen) atoms. The molecule has 7 heteroatoms. The molecule has 3 aromatic rings. The second-order valence-electron chi connectivity index (χ2n) is 6.56. The van der Waals surface area contributed by atoms with Crippen LogP contribution in [0.5, 0.6) is 0 Å². The summed E-state index contributed by atoms with van der Waals surface area (Å²) in [7, 11) is 3.86. The number of fused-ring (bicyclic) bond motifs is 1. The second-order valence-corrected chi connectivity index (χ2v) is 6.97. The molecule has 2 N–H and O–H groups in total. The van der Waals surface area contributed by atoms with Gasteiger partial charge in [-0.3, -0.25) is 9.20 Å². The fourth-order valence-electron chi connectivity index (χ4n) is 2.94. The minimum atomic E-state index is -0.340. The number of hydrogen-bond acceptors (Lipinski definition) is 3. The first-order valence-electron chi connectivity index (χ1n) is 8.34. The zero-order valence-electron chi connectivity index (χ0n) is 14.9. The number of nitrogens with zero attached hydrogens (tertiary/aromatic N) is 2. The predicted molar refractivity (Wildman–Crippen MR) is 102 cm³/mol. The zero-order valence-corrected chi connectivity index (χ0v) is 15.6. The molecule has 0 aliphatic heterocycles. The van der Waals surface area contributed by atoms with E-state index >= 15 is 0 Å². The highest BCUT2D eigenvalue weighted by atomic mass is 35.5. The highest BCUT2D eigenvalue weighted by Gasteiger charge is 2.24. The Hall–Kier alpha value is -2.44. The highest BCUT2D eigenvalue weighted by molar-refractivity contribution is 6.31. The number of hydrogen-bond donors (Lipinski definition) is 2. The number of aryl methyl sites for hydroxylation is 1. The van der Waals surface area contributed by atoms with E-state index in [1.54, 1.807) is 24.4 Å². The first-order valence-corrected chi connectivity index (χ1v) is 8.72. The number of pyridine rings is 1. The molecule has 0 saturated heterocycles. The van der Waals surface area contributed by atoms with Crippen LogP contribution in [0.1, 0.15) is 17.2 Å². The van der Waals surface area contributed by atoms with Crippen molar-refractivity contribution in [3.05, 3.63) is 74.9 Å². The average Bonchev–Trinajstić information content (AvgIpc) is 2.58. The van der Waals surface area contributed by atoms with E-state index in [1.807, 2.05) is 27.1 Å². The van der Waals surface area contributed by atoms with E-state index in [0.717, 1.165) is 10.5 Å². The van der Waals surface area contributed by atoms with Crippen LogP contribution in [0.4, 0.5) is 10.2 Å². The molecule has 2 aromatic heterocycles. The molecular formula is C19H21ClFN4O+. The van der Waals surface area contributed by atoms with Crippen LogP contribution in [-0.2, 0) is 0 Å². The van der Waals surface area contributed by atoms with Crippen molar-refractivity contribution in [1.29, 1.82) is 0 Å². The molecule has 0 aliphatic carbocycles. The standard InChI is InChI=1S/C19H20ClFN4O/c1-12-7-8-17-23-16(9-18(26)25(17)11-12)22-10-15(24(2)3)19-13(20)5-4-6-14(19)21/h4-9,11,15,22H,10H2,1-3H3/p+1/t15-/m0/s1. The fourth-order valence-corrected chi connectivity index (χ4v) is 3.24. The Bertz CT molecular complexity index is 982. The molecule has 5 nitrogen and oxygen atoms in total. The summed E-state index contributed by atoms with van der Waals surface area (Å²) in [6.07, 6.45) is 1.75. The number of benzene rings is 1. The van der Waals surface area contributed by atoms with Crippen LogP contribution < -0.4 is 15.8 Å². The third-order valence-corrected chi connectivity index (χ3v) is 4.67. The molecule has 1 atom stereocenters. The minimum absolute atomic E-state index is 0.168. The molecular weight excluding hydrogens is 355 g/mol. The van der Waals surface area contributed by atoms with Gasteiger partial charge in [0.25, 0.3) is 5.56 Å². The first-order chi connectivity index (χ1) is 12.4. The average molecular weight is 376 g/mol. The monoisotopic (exact) mass is 375 g/mol.